The minimum Gasteiger partial charge on any atom is -0.396 e. The molecule has 0 heterocycles. The van der Waals surface area contributed by atoms with Crippen LogP contribution in [-0.4, -0.2) is 24.2 Å². The Morgan fingerprint density at radius 2 is 1.90 bits per heavy atom. The Morgan fingerprint density at radius 3 is 2.43 bits per heavy atom. The van der Waals surface area contributed by atoms with Crippen LogP contribution in [0, 0.1) is 23.5 Å². The van der Waals surface area contributed by atoms with E-state index in [4.69, 9.17) is 5.11 Å². The molecule has 5 heteroatoms. The fourth-order valence-corrected chi connectivity index (χ4v) is 2.33. The van der Waals surface area contributed by atoms with E-state index in [-0.39, 0.29) is 24.5 Å². The molecular weight excluding hydrogens is 276 g/mol. The molecule has 0 aromatic heterocycles. The maximum absolute atomic E-state index is 13.4. The summed E-state index contributed by atoms with van der Waals surface area (Å²) >= 11 is 0. The Balaban J connectivity index is 2.53. The van der Waals surface area contributed by atoms with Gasteiger partial charge in [-0.05, 0) is 36.8 Å². The van der Waals surface area contributed by atoms with Gasteiger partial charge < -0.3 is 10.4 Å². The van der Waals surface area contributed by atoms with Gasteiger partial charge in [0, 0.05) is 18.7 Å². The number of carbonyl (C=O) groups excluding carboxylic acids is 1. The van der Waals surface area contributed by atoms with E-state index in [1.165, 1.54) is 6.07 Å². The fraction of sp³-hybridized carbons (Fsp3) is 0.562. The van der Waals surface area contributed by atoms with E-state index in [1.807, 2.05) is 0 Å². The fourth-order valence-electron chi connectivity index (χ4n) is 2.33. The average molecular weight is 299 g/mol. The Kier molecular flexibility index (Phi) is 7.29. The predicted molar refractivity (Wildman–Crippen MR) is 77.7 cm³/mol. The number of aliphatic hydroxyl groups excluding tert-OH is 1. The molecule has 0 aliphatic heterocycles. The number of carbonyl (C=O) groups is 1. The number of hydrogen-bond donors (Lipinski definition) is 2. The van der Waals surface area contributed by atoms with Crippen LogP contribution in [0.15, 0.2) is 18.2 Å². The number of nitrogens with one attached hydrogen (secondary N) is 1. The van der Waals surface area contributed by atoms with Crippen LogP contribution in [0.25, 0.3) is 0 Å². The normalized spacial score (nSPS) is 12.5. The van der Waals surface area contributed by atoms with Gasteiger partial charge in [-0.2, -0.15) is 0 Å². The molecular formula is C16H23F2NO2. The summed E-state index contributed by atoms with van der Waals surface area (Å²) in [6, 6.07) is 3.55. The first-order valence-corrected chi connectivity index (χ1v) is 7.24. The topological polar surface area (TPSA) is 49.3 Å². The molecule has 0 radical (unpaired) electrons. The summed E-state index contributed by atoms with van der Waals surface area (Å²) in [6.45, 7) is 4.62. The monoisotopic (exact) mass is 299 g/mol. The van der Waals surface area contributed by atoms with Crippen LogP contribution in [0.5, 0.6) is 0 Å². The van der Waals surface area contributed by atoms with Crippen LogP contribution in [0.1, 0.15) is 32.3 Å². The maximum atomic E-state index is 13.4. The molecule has 1 amide bonds. The van der Waals surface area contributed by atoms with E-state index in [1.54, 1.807) is 0 Å². The minimum atomic E-state index is -0.709. The molecule has 0 spiro atoms. The molecule has 0 bridgehead atoms. The highest BCUT2D eigenvalue weighted by Gasteiger charge is 2.15. The Bertz CT molecular complexity index is 443. The summed E-state index contributed by atoms with van der Waals surface area (Å²) in [4.78, 5) is 11.8. The highest BCUT2D eigenvalue weighted by molar-refractivity contribution is 5.78. The van der Waals surface area contributed by atoms with E-state index >= 15 is 0 Å². The molecule has 0 fully saturated rings. The smallest absolute Gasteiger partial charge is 0.224 e. The zero-order valence-electron chi connectivity index (χ0n) is 12.5. The van der Waals surface area contributed by atoms with Gasteiger partial charge in [-0.1, -0.05) is 19.9 Å². The van der Waals surface area contributed by atoms with Crippen molar-refractivity contribution in [3.8, 4) is 0 Å². The molecule has 0 saturated carbocycles. The molecule has 1 aromatic rings. The quantitative estimate of drug-likeness (QED) is 0.775. The van der Waals surface area contributed by atoms with Gasteiger partial charge in [0.2, 0.25) is 5.91 Å². The lowest BCUT2D eigenvalue weighted by molar-refractivity contribution is -0.120. The van der Waals surface area contributed by atoms with Crippen molar-refractivity contribution in [2.75, 3.05) is 13.2 Å². The van der Waals surface area contributed by atoms with Crippen molar-refractivity contribution in [3.63, 3.8) is 0 Å². The van der Waals surface area contributed by atoms with Crippen molar-refractivity contribution in [1.82, 2.24) is 5.32 Å². The van der Waals surface area contributed by atoms with Crippen molar-refractivity contribution in [2.45, 2.75) is 33.1 Å². The van der Waals surface area contributed by atoms with Crippen molar-refractivity contribution >= 4 is 5.91 Å². The van der Waals surface area contributed by atoms with Gasteiger partial charge in [0.25, 0.3) is 0 Å². The van der Waals surface area contributed by atoms with Crippen LogP contribution in [0.4, 0.5) is 8.78 Å². The van der Waals surface area contributed by atoms with Crippen molar-refractivity contribution in [3.05, 3.63) is 35.4 Å². The van der Waals surface area contributed by atoms with Gasteiger partial charge in [0.15, 0.2) is 0 Å². The van der Waals surface area contributed by atoms with Crippen molar-refractivity contribution < 1.29 is 18.7 Å². The van der Waals surface area contributed by atoms with Gasteiger partial charge in [0.05, 0.1) is 6.42 Å². The molecule has 0 saturated heterocycles. The SMILES string of the molecule is CC(C)CC(CCO)CNC(=O)Cc1c(F)cccc1F. The lowest BCUT2D eigenvalue weighted by atomic mass is 9.94. The molecule has 0 aliphatic carbocycles. The highest BCUT2D eigenvalue weighted by Crippen LogP contribution is 2.15. The van der Waals surface area contributed by atoms with E-state index < -0.39 is 17.5 Å². The molecule has 0 aliphatic rings. The highest BCUT2D eigenvalue weighted by atomic mass is 19.1. The maximum Gasteiger partial charge on any atom is 0.224 e. The van der Waals surface area contributed by atoms with Crippen LogP contribution in [-0.2, 0) is 11.2 Å². The molecule has 3 nitrogen and oxygen atoms in total. The standard InChI is InChI=1S/C16H23F2NO2/c1-11(2)8-12(6-7-20)10-19-16(21)9-13-14(17)4-3-5-15(13)18/h3-5,11-12,20H,6-10H2,1-2H3,(H,19,21). The van der Waals surface area contributed by atoms with E-state index in [0.717, 1.165) is 18.6 Å². The number of halogens is 2. The van der Waals surface area contributed by atoms with Crippen LogP contribution >= 0.6 is 0 Å². The van der Waals surface area contributed by atoms with Gasteiger partial charge in [-0.15, -0.1) is 0 Å². The third-order valence-electron chi connectivity index (χ3n) is 3.33. The molecule has 1 unspecified atom stereocenters. The summed E-state index contributed by atoms with van der Waals surface area (Å²) in [7, 11) is 0. The second-order valence-corrected chi connectivity index (χ2v) is 5.69. The second kappa shape index (κ2) is 8.72. The third kappa shape index (κ3) is 6.21. The Morgan fingerprint density at radius 1 is 1.29 bits per heavy atom. The lowest BCUT2D eigenvalue weighted by Gasteiger charge is -2.18. The number of hydrogen-bond acceptors (Lipinski definition) is 2. The van der Waals surface area contributed by atoms with Gasteiger partial charge >= 0.3 is 0 Å². The summed E-state index contributed by atoms with van der Waals surface area (Å²) in [5.74, 6) is -1.20. The molecule has 1 rings (SSSR count). The van der Waals surface area contributed by atoms with Crippen molar-refractivity contribution in [2.24, 2.45) is 11.8 Å². The van der Waals surface area contributed by atoms with E-state index in [9.17, 15) is 13.6 Å². The summed E-state index contributed by atoms with van der Waals surface area (Å²) < 4.78 is 26.9. The largest absolute Gasteiger partial charge is 0.396 e. The number of rotatable bonds is 8. The van der Waals surface area contributed by atoms with E-state index in [0.29, 0.717) is 18.9 Å². The van der Waals surface area contributed by atoms with Gasteiger partial charge in [-0.3, -0.25) is 4.79 Å². The molecule has 1 aromatic carbocycles. The first-order valence-electron chi connectivity index (χ1n) is 7.24. The zero-order chi connectivity index (χ0) is 15.8. The van der Waals surface area contributed by atoms with Gasteiger partial charge in [0.1, 0.15) is 11.6 Å². The van der Waals surface area contributed by atoms with E-state index in [2.05, 4.69) is 19.2 Å². The van der Waals surface area contributed by atoms with Crippen LogP contribution in [0.2, 0.25) is 0 Å². The summed E-state index contributed by atoms with van der Waals surface area (Å²) in [6.07, 6.45) is 1.17. The average Bonchev–Trinajstić information content (AvgIpc) is 2.40. The van der Waals surface area contributed by atoms with Gasteiger partial charge in [-0.25, -0.2) is 8.78 Å². The molecule has 1 atom stereocenters. The molecule has 21 heavy (non-hydrogen) atoms. The summed E-state index contributed by atoms with van der Waals surface area (Å²) in [5.41, 5.74) is -0.211. The number of benzene rings is 1. The number of aliphatic hydroxyl groups is 1. The third-order valence-corrected chi connectivity index (χ3v) is 3.33. The van der Waals surface area contributed by atoms with Crippen LogP contribution in [0.3, 0.4) is 0 Å². The molecule has 118 valence electrons. The second-order valence-electron chi connectivity index (χ2n) is 5.69. The predicted octanol–water partition coefficient (Wildman–Crippen LogP) is 2.67. The zero-order valence-corrected chi connectivity index (χ0v) is 12.5. The first-order chi connectivity index (χ1) is 9.93. The Hall–Kier alpha value is -1.49. The lowest BCUT2D eigenvalue weighted by Crippen LogP contribution is -2.32. The minimum absolute atomic E-state index is 0.0647. The summed E-state index contributed by atoms with van der Waals surface area (Å²) in [5, 5.41) is 11.7. The first kappa shape index (κ1) is 17.6. The molecule has 2 N–H and O–H groups in total. The Labute approximate surface area is 124 Å². The number of amides is 1. The van der Waals surface area contributed by atoms with Crippen LogP contribution < -0.4 is 5.32 Å². The van der Waals surface area contributed by atoms with Crippen molar-refractivity contribution in [1.29, 1.82) is 0 Å².